The number of halogens is 1. The number of amides is 1. The van der Waals surface area contributed by atoms with Crippen LogP contribution < -0.4 is 4.74 Å². The first kappa shape index (κ1) is 16.5. The van der Waals surface area contributed by atoms with Gasteiger partial charge in [0.1, 0.15) is 11.6 Å². The monoisotopic (exact) mass is 326 g/mol. The normalized spacial score (nSPS) is 14.3. The van der Waals surface area contributed by atoms with Gasteiger partial charge in [-0.2, -0.15) is 0 Å². The second-order valence-electron chi connectivity index (χ2n) is 6.08. The maximum Gasteiger partial charge on any atom is 0.222 e. The summed E-state index contributed by atoms with van der Waals surface area (Å²) in [5.41, 5.74) is 0.628. The Bertz CT molecular complexity index is 668. The lowest BCUT2D eigenvalue weighted by Gasteiger charge is -2.39. The molecule has 1 radical (unpaired) electrons. The molecule has 0 aromatic heterocycles. The molecule has 0 unspecified atom stereocenters. The number of carbonyl (C=O) groups excluding carboxylic acids is 1. The van der Waals surface area contributed by atoms with Crippen molar-refractivity contribution in [3.8, 4) is 5.75 Å². The average molecular weight is 326 g/mol. The van der Waals surface area contributed by atoms with E-state index in [2.05, 4.69) is 0 Å². The largest absolute Gasteiger partial charge is 0.493 e. The summed E-state index contributed by atoms with van der Waals surface area (Å²) in [6, 6.07) is 16.4. The number of hydrogen-bond acceptors (Lipinski definition) is 2. The molecule has 0 bridgehead atoms. The van der Waals surface area contributed by atoms with Crippen LogP contribution in [0.4, 0.5) is 4.39 Å². The maximum atomic E-state index is 13.5. The van der Waals surface area contributed by atoms with Gasteiger partial charge in [-0.25, -0.2) is 4.39 Å². The zero-order chi connectivity index (χ0) is 16.8. The molecule has 1 fully saturated rings. The molecule has 24 heavy (non-hydrogen) atoms. The van der Waals surface area contributed by atoms with Crippen LogP contribution in [0.3, 0.4) is 0 Å². The molecule has 125 valence electrons. The Balaban J connectivity index is 1.32. The molecule has 0 N–H and O–H groups in total. The lowest BCUT2D eigenvalue weighted by atomic mass is 10.00. The van der Waals surface area contributed by atoms with Crippen molar-refractivity contribution >= 4 is 5.91 Å². The van der Waals surface area contributed by atoms with E-state index in [1.807, 2.05) is 41.7 Å². The highest BCUT2D eigenvalue weighted by atomic mass is 19.1. The summed E-state index contributed by atoms with van der Waals surface area (Å²) in [7, 11) is 0. The van der Waals surface area contributed by atoms with E-state index in [1.165, 1.54) is 6.07 Å². The third-order valence-electron chi connectivity index (χ3n) is 4.18. The highest BCUT2D eigenvalue weighted by molar-refractivity contribution is 5.78. The molecule has 3 nitrogen and oxygen atoms in total. The summed E-state index contributed by atoms with van der Waals surface area (Å²) in [6.07, 6.45) is 2.67. The number of benzene rings is 2. The average Bonchev–Trinajstić information content (AvgIpc) is 2.56. The highest BCUT2D eigenvalue weighted by Crippen LogP contribution is 2.19. The summed E-state index contributed by atoms with van der Waals surface area (Å²) < 4.78 is 19.2. The lowest BCUT2D eigenvalue weighted by molar-refractivity contribution is -0.137. The minimum atomic E-state index is -0.219. The van der Waals surface area contributed by atoms with Crippen LogP contribution in [0.5, 0.6) is 5.75 Å². The van der Waals surface area contributed by atoms with E-state index in [4.69, 9.17) is 4.74 Å². The van der Waals surface area contributed by atoms with E-state index >= 15 is 0 Å². The Morgan fingerprint density at radius 3 is 2.58 bits per heavy atom. The van der Waals surface area contributed by atoms with Crippen LogP contribution in [0, 0.1) is 18.2 Å². The van der Waals surface area contributed by atoms with Gasteiger partial charge in [-0.3, -0.25) is 4.79 Å². The Morgan fingerprint density at radius 1 is 1.12 bits per heavy atom. The van der Waals surface area contributed by atoms with Crippen molar-refractivity contribution in [3.63, 3.8) is 0 Å². The summed E-state index contributed by atoms with van der Waals surface area (Å²) in [5.74, 6) is 1.13. The molecule has 2 aromatic rings. The number of nitrogens with zero attached hydrogens (tertiary/aromatic N) is 1. The van der Waals surface area contributed by atoms with Crippen LogP contribution in [0.25, 0.3) is 0 Å². The fraction of sp³-hybridized carbons (Fsp3) is 0.300. The Hall–Kier alpha value is -2.36. The lowest BCUT2D eigenvalue weighted by Crippen LogP contribution is -2.52. The summed E-state index contributed by atoms with van der Waals surface area (Å²) in [6.45, 7) is 2.10. The van der Waals surface area contributed by atoms with Gasteiger partial charge in [-0.15, -0.1) is 0 Å². The zero-order valence-corrected chi connectivity index (χ0v) is 13.5. The predicted octanol–water partition coefficient (Wildman–Crippen LogP) is 3.50. The fourth-order valence-corrected chi connectivity index (χ4v) is 2.75. The van der Waals surface area contributed by atoms with Crippen LogP contribution in [-0.2, 0) is 11.2 Å². The number of ether oxygens (including phenoxy) is 1. The molecule has 2 aromatic carbocycles. The molecular weight excluding hydrogens is 305 g/mol. The van der Waals surface area contributed by atoms with Crippen LogP contribution in [0.15, 0.2) is 54.6 Å². The predicted molar refractivity (Wildman–Crippen MR) is 91.0 cm³/mol. The van der Waals surface area contributed by atoms with Crippen molar-refractivity contribution in [2.24, 2.45) is 5.92 Å². The van der Waals surface area contributed by atoms with Gasteiger partial charge in [0.25, 0.3) is 0 Å². The smallest absolute Gasteiger partial charge is 0.222 e. The van der Waals surface area contributed by atoms with E-state index in [0.29, 0.717) is 30.9 Å². The number of para-hydroxylation sites is 1. The number of hydrogen-bond donors (Lipinski definition) is 0. The zero-order valence-electron chi connectivity index (χ0n) is 13.5. The van der Waals surface area contributed by atoms with E-state index in [1.54, 1.807) is 18.2 Å². The molecule has 1 heterocycles. The number of rotatable bonds is 7. The fourth-order valence-electron chi connectivity index (χ4n) is 2.75. The van der Waals surface area contributed by atoms with Gasteiger partial charge < -0.3 is 9.64 Å². The van der Waals surface area contributed by atoms with Gasteiger partial charge in [0.05, 0.1) is 6.61 Å². The van der Waals surface area contributed by atoms with Gasteiger partial charge in [-0.05, 0) is 36.6 Å². The molecule has 0 spiro atoms. The quantitative estimate of drug-likeness (QED) is 0.779. The molecule has 0 aliphatic carbocycles. The van der Waals surface area contributed by atoms with Crippen molar-refractivity contribution in [2.75, 3.05) is 19.7 Å². The van der Waals surface area contributed by atoms with Crippen molar-refractivity contribution in [1.82, 2.24) is 4.90 Å². The van der Waals surface area contributed by atoms with E-state index in [9.17, 15) is 9.18 Å². The van der Waals surface area contributed by atoms with Crippen LogP contribution >= 0.6 is 0 Å². The van der Waals surface area contributed by atoms with Crippen LogP contribution in [0.1, 0.15) is 12.0 Å². The second kappa shape index (κ2) is 7.95. The topological polar surface area (TPSA) is 29.5 Å². The molecule has 0 atom stereocenters. The van der Waals surface area contributed by atoms with Gasteiger partial charge >= 0.3 is 0 Å². The SMILES string of the molecule is O=C(C[CH]Cc1ccccc1F)N1CC(COc2ccccc2)C1. The third kappa shape index (κ3) is 4.34. The van der Waals surface area contributed by atoms with Crippen molar-refractivity contribution in [3.05, 3.63) is 72.4 Å². The molecule has 0 saturated carbocycles. The highest BCUT2D eigenvalue weighted by Gasteiger charge is 2.30. The minimum absolute atomic E-state index is 0.0994. The van der Waals surface area contributed by atoms with Gasteiger partial charge in [0, 0.05) is 25.4 Å². The Kier molecular flexibility index (Phi) is 5.47. The number of likely N-dealkylation sites (tertiary alicyclic amines) is 1. The Labute approximate surface area is 142 Å². The molecule has 1 saturated heterocycles. The van der Waals surface area contributed by atoms with E-state index in [0.717, 1.165) is 18.8 Å². The Morgan fingerprint density at radius 2 is 1.83 bits per heavy atom. The molecule has 4 heteroatoms. The summed E-state index contributed by atoms with van der Waals surface area (Å²) >= 11 is 0. The maximum absolute atomic E-state index is 13.5. The van der Waals surface area contributed by atoms with Gasteiger partial charge in [-0.1, -0.05) is 36.4 Å². The molecule has 1 aliphatic rings. The first-order chi connectivity index (χ1) is 11.7. The second-order valence-corrected chi connectivity index (χ2v) is 6.08. The van der Waals surface area contributed by atoms with Gasteiger partial charge in [0.2, 0.25) is 5.91 Å². The van der Waals surface area contributed by atoms with Crippen LogP contribution in [0.2, 0.25) is 0 Å². The van der Waals surface area contributed by atoms with E-state index in [-0.39, 0.29) is 11.7 Å². The first-order valence-electron chi connectivity index (χ1n) is 8.23. The number of carbonyl (C=O) groups is 1. The van der Waals surface area contributed by atoms with Crippen molar-refractivity contribution in [2.45, 2.75) is 12.8 Å². The van der Waals surface area contributed by atoms with Crippen molar-refractivity contribution in [1.29, 1.82) is 0 Å². The van der Waals surface area contributed by atoms with Gasteiger partial charge in [0.15, 0.2) is 0 Å². The standard InChI is InChI=1S/C20H21FNO2/c21-19-11-5-4-7-17(19)8-6-12-20(23)22-13-16(14-22)15-24-18-9-2-1-3-10-18/h1-7,9-11,16H,8,12-15H2. The van der Waals surface area contributed by atoms with Crippen molar-refractivity contribution < 1.29 is 13.9 Å². The summed E-state index contributed by atoms with van der Waals surface area (Å²) in [5, 5.41) is 0. The van der Waals surface area contributed by atoms with E-state index < -0.39 is 0 Å². The first-order valence-corrected chi connectivity index (χ1v) is 8.23. The third-order valence-corrected chi connectivity index (χ3v) is 4.18. The minimum Gasteiger partial charge on any atom is -0.493 e. The van der Waals surface area contributed by atoms with Crippen LogP contribution in [-0.4, -0.2) is 30.5 Å². The molecule has 1 aliphatic heterocycles. The summed E-state index contributed by atoms with van der Waals surface area (Å²) in [4.78, 5) is 13.9. The molecule has 3 rings (SSSR count). The molecular formula is C20H21FNO2. The molecule has 1 amide bonds.